The molecule has 9 heteroatoms. The van der Waals surface area contributed by atoms with Crippen molar-refractivity contribution in [2.45, 2.75) is 24.9 Å². The number of amides is 1. The fourth-order valence-corrected chi connectivity index (χ4v) is 5.16. The van der Waals surface area contributed by atoms with Crippen molar-refractivity contribution in [3.8, 4) is 11.5 Å². The SMILES string of the molecule is CCN(Cc1ccc2c(c1)OCCO2)C(=O)c1cccc(S(=O)(=O)NCc2cccs2)c1. The molecule has 2 aromatic carbocycles. The molecule has 0 unspecified atom stereocenters. The highest BCUT2D eigenvalue weighted by Gasteiger charge is 2.20. The van der Waals surface area contributed by atoms with Gasteiger partial charge in [-0.25, -0.2) is 13.1 Å². The summed E-state index contributed by atoms with van der Waals surface area (Å²) in [6.45, 7) is 3.96. The Morgan fingerprint density at radius 1 is 1.06 bits per heavy atom. The van der Waals surface area contributed by atoms with Gasteiger partial charge in [0.05, 0.1) is 4.90 Å². The molecule has 3 aromatic rings. The van der Waals surface area contributed by atoms with Crippen molar-refractivity contribution >= 4 is 27.3 Å². The number of hydrogen-bond donors (Lipinski definition) is 1. The smallest absolute Gasteiger partial charge is 0.254 e. The Kier molecular flexibility index (Phi) is 6.78. The topological polar surface area (TPSA) is 84.9 Å². The van der Waals surface area contributed by atoms with E-state index in [-0.39, 0.29) is 17.3 Å². The zero-order valence-electron chi connectivity index (χ0n) is 17.6. The number of nitrogens with one attached hydrogen (secondary N) is 1. The van der Waals surface area contributed by atoms with E-state index < -0.39 is 10.0 Å². The molecule has 2 heterocycles. The molecule has 0 aliphatic carbocycles. The van der Waals surface area contributed by atoms with Crippen LogP contribution in [0.1, 0.15) is 27.7 Å². The van der Waals surface area contributed by atoms with Crippen molar-refractivity contribution in [1.29, 1.82) is 0 Å². The lowest BCUT2D eigenvalue weighted by Gasteiger charge is -2.23. The Hall–Kier alpha value is -2.88. The molecule has 1 amide bonds. The number of ether oxygens (including phenoxy) is 2. The number of fused-ring (bicyclic) bond motifs is 1. The summed E-state index contributed by atoms with van der Waals surface area (Å²) in [4.78, 5) is 15.8. The number of carbonyl (C=O) groups excluding carboxylic acids is 1. The van der Waals surface area contributed by atoms with Crippen LogP contribution in [0.3, 0.4) is 0 Å². The summed E-state index contributed by atoms with van der Waals surface area (Å²) < 4.78 is 39.2. The molecule has 0 radical (unpaired) electrons. The zero-order valence-corrected chi connectivity index (χ0v) is 19.2. The van der Waals surface area contributed by atoms with Crippen LogP contribution in [0.25, 0.3) is 0 Å². The summed E-state index contributed by atoms with van der Waals surface area (Å²) in [6.07, 6.45) is 0. The average molecular weight is 473 g/mol. The van der Waals surface area contributed by atoms with Crippen LogP contribution in [0.4, 0.5) is 0 Å². The van der Waals surface area contributed by atoms with E-state index in [1.165, 1.54) is 23.5 Å². The Morgan fingerprint density at radius 3 is 2.62 bits per heavy atom. The van der Waals surface area contributed by atoms with E-state index in [0.717, 1.165) is 10.4 Å². The molecular formula is C23H24N2O5S2. The van der Waals surface area contributed by atoms with E-state index >= 15 is 0 Å². The molecule has 1 aliphatic heterocycles. The third-order valence-corrected chi connectivity index (χ3v) is 7.33. The van der Waals surface area contributed by atoms with Gasteiger partial charge in [0.2, 0.25) is 10.0 Å². The summed E-state index contributed by atoms with van der Waals surface area (Å²) in [7, 11) is -3.74. The maximum atomic E-state index is 13.1. The average Bonchev–Trinajstić information content (AvgIpc) is 3.35. The van der Waals surface area contributed by atoms with Gasteiger partial charge in [0, 0.05) is 30.1 Å². The van der Waals surface area contributed by atoms with Crippen molar-refractivity contribution in [3.63, 3.8) is 0 Å². The summed E-state index contributed by atoms with van der Waals surface area (Å²) >= 11 is 1.48. The molecule has 32 heavy (non-hydrogen) atoms. The first kappa shape index (κ1) is 22.3. The normalized spacial score (nSPS) is 13.0. The number of thiophene rings is 1. The highest BCUT2D eigenvalue weighted by Crippen LogP contribution is 2.31. The maximum absolute atomic E-state index is 13.1. The number of hydrogen-bond acceptors (Lipinski definition) is 6. The predicted octanol–water partition coefficient (Wildman–Crippen LogP) is 3.66. The van der Waals surface area contributed by atoms with Gasteiger partial charge in [-0.15, -0.1) is 11.3 Å². The fraction of sp³-hybridized carbons (Fsp3) is 0.261. The van der Waals surface area contributed by atoms with Crippen LogP contribution < -0.4 is 14.2 Å². The molecule has 1 aromatic heterocycles. The molecule has 4 rings (SSSR count). The molecule has 0 spiro atoms. The Balaban J connectivity index is 1.49. The van der Waals surface area contributed by atoms with Gasteiger partial charge < -0.3 is 14.4 Å². The lowest BCUT2D eigenvalue weighted by molar-refractivity contribution is 0.0752. The number of sulfonamides is 1. The molecule has 0 bridgehead atoms. The zero-order chi connectivity index (χ0) is 22.6. The predicted molar refractivity (Wildman–Crippen MR) is 123 cm³/mol. The quantitative estimate of drug-likeness (QED) is 0.541. The second-order valence-corrected chi connectivity index (χ2v) is 10.0. The first-order valence-corrected chi connectivity index (χ1v) is 12.6. The molecule has 168 valence electrons. The van der Waals surface area contributed by atoms with Crippen molar-refractivity contribution in [1.82, 2.24) is 9.62 Å². The minimum Gasteiger partial charge on any atom is -0.486 e. The molecule has 0 fully saturated rings. The van der Waals surface area contributed by atoms with Crippen LogP contribution in [0, 0.1) is 0 Å². The second kappa shape index (κ2) is 9.72. The van der Waals surface area contributed by atoms with E-state index in [0.29, 0.717) is 43.4 Å². The van der Waals surface area contributed by atoms with Gasteiger partial charge in [-0.2, -0.15) is 0 Å². The van der Waals surface area contributed by atoms with E-state index in [1.807, 2.05) is 42.6 Å². The number of carbonyl (C=O) groups is 1. The summed E-state index contributed by atoms with van der Waals surface area (Å²) in [5.74, 6) is 1.13. The van der Waals surface area contributed by atoms with Gasteiger partial charge in [-0.1, -0.05) is 18.2 Å². The second-order valence-electron chi connectivity index (χ2n) is 7.23. The largest absolute Gasteiger partial charge is 0.486 e. The van der Waals surface area contributed by atoms with Crippen LogP contribution in [-0.4, -0.2) is 39.0 Å². The monoisotopic (exact) mass is 472 g/mol. The van der Waals surface area contributed by atoms with Crippen molar-refractivity contribution in [3.05, 3.63) is 76.0 Å². The maximum Gasteiger partial charge on any atom is 0.254 e. The molecule has 0 saturated carbocycles. The fourth-order valence-electron chi connectivity index (χ4n) is 3.38. The van der Waals surface area contributed by atoms with Crippen molar-refractivity contribution in [2.75, 3.05) is 19.8 Å². The Morgan fingerprint density at radius 2 is 1.88 bits per heavy atom. The van der Waals surface area contributed by atoms with Gasteiger partial charge in [-0.05, 0) is 54.3 Å². The van der Waals surface area contributed by atoms with Crippen LogP contribution >= 0.6 is 11.3 Å². The van der Waals surface area contributed by atoms with Gasteiger partial charge in [0.1, 0.15) is 13.2 Å². The van der Waals surface area contributed by atoms with Gasteiger partial charge in [0.15, 0.2) is 11.5 Å². The van der Waals surface area contributed by atoms with Gasteiger partial charge >= 0.3 is 0 Å². The molecule has 1 aliphatic rings. The molecule has 7 nitrogen and oxygen atoms in total. The molecule has 1 N–H and O–H groups in total. The highest BCUT2D eigenvalue weighted by molar-refractivity contribution is 7.89. The Bertz CT molecular complexity index is 1190. The van der Waals surface area contributed by atoms with E-state index in [1.54, 1.807) is 17.0 Å². The van der Waals surface area contributed by atoms with E-state index in [9.17, 15) is 13.2 Å². The molecule has 0 saturated heterocycles. The number of rotatable bonds is 8. The summed E-state index contributed by atoms with van der Waals surface area (Å²) in [5, 5.41) is 1.89. The minimum absolute atomic E-state index is 0.0651. The number of benzene rings is 2. The standard InChI is InChI=1S/C23H24N2O5S2/c1-2-25(16-17-8-9-21-22(13-17)30-11-10-29-21)23(26)18-5-3-7-20(14-18)32(27,28)24-15-19-6-4-12-31-19/h3-9,12-14,24H,2,10-11,15-16H2,1H3. The van der Waals surface area contributed by atoms with Crippen molar-refractivity contribution < 1.29 is 22.7 Å². The van der Waals surface area contributed by atoms with Gasteiger partial charge in [-0.3, -0.25) is 4.79 Å². The highest BCUT2D eigenvalue weighted by atomic mass is 32.2. The lowest BCUT2D eigenvalue weighted by Crippen LogP contribution is -2.31. The van der Waals surface area contributed by atoms with E-state index in [2.05, 4.69) is 4.72 Å². The minimum atomic E-state index is -3.74. The van der Waals surface area contributed by atoms with E-state index in [4.69, 9.17) is 9.47 Å². The first-order chi connectivity index (χ1) is 15.5. The Labute approximate surface area is 191 Å². The third kappa shape index (κ3) is 5.12. The van der Waals surface area contributed by atoms with Crippen molar-refractivity contribution in [2.24, 2.45) is 0 Å². The van der Waals surface area contributed by atoms with Crippen LogP contribution in [0.5, 0.6) is 11.5 Å². The van der Waals surface area contributed by atoms with Crippen LogP contribution in [0.2, 0.25) is 0 Å². The van der Waals surface area contributed by atoms with Gasteiger partial charge in [0.25, 0.3) is 5.91 Å². The van der Waals surface area contributed by atoms with Crippen LogP contribution in [-0.2, 0) is 23.1 Å². The lowest BCUT2D eigenvalue weighted by atomic mass is 10.1. The molecule has 0 atom stereocenters. The molecular weight excluding hydrogens is 448 g/mol. The van der Waals surface area contributed by atoms with Crippen LogP contribution in [0.15, 0.2) is 64.9 Å². The third-order valence-electron chi connectivity index (χ3n) is 5.06. The summed E-state index contributed by atoms with van der Waals surface area (Å²) in [6, 6.07) is 15.5. The first-order valence-electron chi connectivity index (χ1n) is 10.3. The number of nitrogens with zero attached hydrogens (tertiary/aromatic N) is 1. The summed E-state index contributed by atoms with van der Waals surface area (Å²) in [5.41, 5.74) is 1.23.